The van der Waals surface area contributed by atoms with Gasteiger partial charge in [-0.25, -0.2) is 4.98 Å². The number of rotatable bonds is 3. The van der Waals surface area contributed by atoms with E-state index in [-0.39, 0.29) is 18.3 Å². The van der Waals surface area contributed by atoms with E-state index in [0.29, 0.717) is 0 Å². The second-order valence-electron chi connectivity index (χ2n) is 2.49. The van der Waals surface area contributed by atoms with Crippen LogP contribution >= 0.6 is 0 Å². The third kappa shape index (κ3) is 2.41. The van der Waals surface area contributed by atoms with Crippen LogP contribution in [0.1, 0.15) is 12.4 Å². The molecule has 78 valence electrons. The summed E-state index contributed by atoms with van der Waals surface area (Å²) in [7, 11) is 1.50. The van der Waals surface area contributed by atoms with Gasteiger partial charge in [-0.2, -0.15) is 8.78 Å². The molecule has 1 aromatic rings. The molecule has 0 aliphatic rings. The van der Waals surface area contributed by atoms with Gasteiger partial charge in [0.2, 0.25) is 0 Å². The highest BCUT2D eigenvalue weighted by Gasteiger charge is 2.10. The lowest BCUT2D eigenvalue weighted by molar-refractivity contribution is 0.0668. The Morgan fingerprint density at radius 3 is 3.07 bits per heavy atom. The van der Waals surface area contributed by atoms with Crippen LogP contribution in [0.25, 0.3) is 0 Å². The largest absolute Gasteiger partial charge is 0.370 e. The lowest BCUT2D eigenvalue weighted by Crippen LogP contribution is -2.31. The van der Waals surface area contributed by atoms with Crippen molar-refractivity contribution in [1.29, 1.82) is 0 Å². The summed E-state index contributed by atoms with van der Waals surface area (Å²) in [5.74, 6) is 0.403. The number of aromatic nitrogens is 2. The minimum Gasteiger partial charge on any atom is -0.370 e. The molecule has 0 radical (unpaired) electrons. The molecular weight excluding hydrogens is 192 g/mol. The zero-order valence-corrected chi connectivity index (χ0v) is 7.61. The van der Waals surface area contributed by atoms with E-state index in [2.05, 4.69) is 15.3 Å². The summed E-state index contributed by atoms with van der Waals surface area (Å²) in [5.41, 5.74) is 5.33. The van der Waals surface area contributed by atoms with Crippen LogP contribution in [0.15, 0.2) is 17.4 Å². The molecular formula is C7H11F2N5. The zero-order valence-electron chi connectivity index (χ0n) is 7.61. The van der Waals surface area contributed by atoms with Crippen molar-refractivity contribution in [1.82, 2.24) is 14.9 Å². The number of hydrogen-bond acceptors (Lipinski definition) is 2. The molecule has 14 heavy (non-hydrogen) atoms. The molecule has 0 aromatic carbocycles. The fourth-order valence-corrected chi connectivity index (χ4v) is 0.907. The number of hydrogen-bond donors (Lipinski definition) is 2. The van der Waals surface area contributed by atoms with Gasteiger partial charge in [-0.05, 0) is 0 Å². The molecule has 1 heterocycles. The fourth-order valence-electron chi connectivity index (χ4n) is 0.907. The summed E-state index contributed by atoms with van der Waals surface area (Å²) in [6.45, 7) is -2.46. The van der Waals surface area contributed by atoms with Gasteiger partial charge in [0, 0.05) is 19.4 Å². The Labute approximate surface area is 79.6 Å². The first-order valence-corrected chi connectivity index (χ1v) is 3.91. The fraction of sp³-hybridized carbons (Fsp3) is 0.429. The molecule has 1 rings (SSSR count). The highest BCUT2D eigenvalue weighted by atomic mass is 19.3. The molecule has 0 fully saturated rings. The van der Waals surface area contributed by atoms with Gasteiger partial charge in [-0.1, -0.05) is 0 Å². The van der Waals surface area contributed by atoms with E-state index in [9.17, 15) is 8.78 Å². The van der Waals surface area contributed by atoms with Gasteiger partial charge in [0.25, 0.3) is 0 Å². The third-order valence-corrected chi connectivity index (χ3v) is 1.63. The van der Waals surface area contributed by atoms with Crippen molar-refractivity contribution < 1.29 is 8.78 Å². The van der Waals surface area contributed by atoms with Crippen molar-refractivity contribution in [3.63, 3.8) is 0 Å². The predicted molar refractivity (Wildman–Crippen MR) is 47.9 cm³/mol. The average molecular weight is 203 g/mol. The zero-order chi connectivity index (χ0) is 10.6. The molecule has 1 aromatic heterocycles. The summed E-state index contributed by atoms with van der Waals surface area (Å²) < 4.78 is 25.4. The molecule has 3 N–H and O–H groups in total. The number of imidazole rings is 1. The average Bonchev–Trinajstić information content (AvgIpc) is 2.62. The van der Waals surface area contributed by atoms with Crippen LogP contribution in [0.2, 0.25) is 0 Å². The summed E-state index contributed by atoms with van der Waals surface area (Å²) in [5, 5.41) is 2.64. The number of halogens is 2. The Kier molecular flexibility index (Phi) is 3.38. The van der Waals surface area contributed by atoms with Gasteiger partial charge in [-0.15, -0.1) is 0 Å². The van der Waals surface area contributed by atoms with Gasteiger partial charge < -0.3 is 11.1 Å². The van der Waals surface area contributed by atoms with Crippen LogP contribution in [0.3, 0.4) is 0 Å². The lowest BCUT2D eigenvalue weighted by Gasteiger charge is -2.07. The van der Waals surface area contributed by atoms with Crippen LogP contribution in [0.4, 0.5) is 8.78 Å². The van der Waals surface area contributed by atoms with E-state index in [4.69, 9.17) is 5.73 Å². The standard InChI is InChI=1S/C7H11F2N5/c1-11-7(10)13-4-5-12-2-3-14(5)6(8)9/h2-3,6H,4H2,1H3,(H3,10,11,13). The van der Waals surface area contributed by atoms with Gasteiger partial charge in [0.05, 0.1) is 6.54 Å². The van der Waals surface area contributed by atoms with Crippen LogP contribution in [-0.4, -0.2) is 22.6 Å². The Morgan fingerprint density at radius 2 is 2.50 bits per heavy atom. The van der Waals surface area contributed by atoms with Crippen molar-refractivity contribution in [2.45, 2.75) is 13.1 Å². The minimum absolute atomic E-state index is 0.126. The summed E-state index contributed by atoms with van der Waals surface area (Å²) in [6.07, 6.45) is 2.52. The van der Waals surface area contributed by atoms with E-state index in [1.54, 1.807) is 0 Å². The Morgan fingerprint density at radius 1 is 1.79 bits per heavy atom. The quantitative estimate of drug-likeness (QED) is 0.548. The molecule has 0 aliphatic carbocycles. The van der Waals surface area contributed by atoms with Crippen LogP contribution in [-0.2, 0) is 6.54 Å². The highest BCUT2D eigenvalue weighted by molar-refractivity contribution is 5.77. The molecule has 0 bridgehead atoms. The number of guanidine groups is 1. The number of nitrogens with one attached hydrogen (secondary N) is 1. The van der Waals surface area contributed by atoms with E-state index in [0.717, 1.165) is 4.57 Å². The maximum absolute atomic E-state index is 12.3. The SMILES string of the molecule is CN=C(N)NCc1nccn1C(F)F. The molecule has 0 amide bonds. The second-order valence-corrected chi connectivity index (χ2v) is 2.49. The van der Waals surface area contributed by atoms with E-state index >= 15 is 0 Å². The topological polar surface area (TPSA) is 68.2 Å². The first kappa shape index (κ1) is 10.4. The molecule has 0 aliphatic heterocycles. The smallest absolute Gasteiger partial charge is 0.319 e. The lowest BCUT2D eigenvalue weighted by atomic mass is 10.6. The molecule has 0 unspecified atom stereocenters. The molecule has 5 nitrogen and oxygen atoms in total. The van der Waals surface area contributed by atoms with E-state index < -0.39 is 6.55 Å². The molecule has 0 saturated heterocycles. The Bertz CT molecular complexity index is 320. The van der Waals surface area contributed by atoms with Crippen LogP contribution in [0.5, 0.6) is 0 Å². The minimum atomic E-state index is -2.59. The van der Waals surface area contributed by atoms with Crippen LogP contribution < -0.4 is 11.1 Å². The highest BCUT2D eigenvalue weighted by Crippen LogP contribution is 2.11. The maximum atomic E-state index is 12.3. The Hall–Kier alpha value is -1.66. The number of nitrogens with zero attached hydrogens (tertiary/aromatic N) is 3. The number of aliphatic imine (C=N–C) groups is 1. The first-order chi connectivity index (χ1) is 6.65. The van der Waals surface area contributed by atoms with Crippen molar-refractivity contribution in [3.05, 3.63) is 18.2 Å². The van der Waals surface area contributed by atoms with Gasteiger partial charge >= 0.3 is 6.55 Å². The first-order valence-electron chi connectivity index (χ1n) is 3.91. The van der Waals surface area contributed by atoms with Gasteiger partial charge in [0.15, 0.2) is 5.96 Å². The molecule has 7 heteroatoms. The van der Waals surface area contributed by atoms with Gasteiger partial charge in [0.1, 0.15) is 5.82 Å². The predicted octanol–water partition coefficient (Wildman–Crippen LogP) is 0.312. The van der Waals surface area contributed by atoms with Gasteiger partial charge in [-0.3, -0.25) is 9.56 Å². The Balaban J connectivity index is 2.63. The van der Waals surface area contributed by atoms with Crippen molar-refractivity contribution in [3.8, 4) is 0 Å². The van der Waals surface area contributed by atoms with Crippen LogP contribution in [0, 0.1) is 0 Å². The summed E-state index contributed by atoms with van der Waals surface area (Å²) in [6, 6.07) is 0. The van der Waals surface area contributed by atoms with E-state index in [1.807, 2.05) is 0 Å². The summed E-state index contributed by atoms with van der Waals surface area (Å²) >= 11 is 0. The molecule has 0 atom stereocenters. The monoisotopic (exact) mass is 203 g/mol. The third-order valence-electron chi connectivity index (χ3n) is 1.63. The van der Waals surface area contributed by atoms with Crippen molar-refractivity contribution in [2.24, 2.45) is 10.7 Å². The molecule has 0 saturated carbocycles. The normalized spacial score (nSPS) is 12.1. The number of alkyl halides is 2. The van der Waals surface area contributed by atoms with Crippen molar-refractivity contribution in [2.75, 3.05) is 7.05 Å². The summed E-state index contributed by atoms with van der Waals surface area (Å²) in [4.78, 5) is 7.37. The van der Waals surface area contributed by atoms with E-state index in [1.165, 1.54) is 19.4 Å². The molecule has 0 spiro atoms. The second kappa shape index (κ2) is 4.54. The number of nitrogens with two attached hydrogens (primary N) is 1. The van der Waals surface area contributed by atoms with Crippen molar-refractivity contribution >= 4 is 5.96 Å². The maximum Gasteiger partial charge on any atom is 0.319 e.